The van der Waals surface area contributed by atoms with Crippen molar-refractivity contribution in [3.05, 3.63) is 12.2 Å². The van der Waals surface area contributed by atoms with Gasteiger partial charge in [-0.2, -0.15) is 0 Å². The fourth-order valence-electron chi connectivity index (χ4n) is 2.50. The van der Waals surface area contributed by atoms with Crippen LogP contribution in [0.5, 0.6) is 0 Å². The summed E-state index contributed by atoms with van der Waals surface area (Å²) in [6.45, 7) is 3.74. The summed E-state index contributed by atoms with van der Waals surface area (Å²) in [7, 11) is 0. The number of ether oxygens (including phenoxy) is 1. The Bertz CT molecular complexity index is 272. The molecule has 0 saturated heterocycles. The molecule has 0 spiro atoms. The van der Waals surface area contributed by atoms with Gasteiger partial charge in [0.2, 0.25) is 0 Å². The highest BCUT2D eigenvalue weighted by atomic mass is 16.5. The molecule has 2 aliphatic rings. The second-order valence-corrected chi connectivity index (χ2v) is 4.54. The summed E-state index contributed by atoms with van der Waals surface area (Å²) >= 11 is 0. The van der Waals surface area contributed by atoms with Crippen LogP contribution in [0.25, 0.3) is 0 Å². The van der Waals surface area contributed by atoms with Crippen LogP contribution in [0.15, 0.2) is 12.2 Å². The molecular formula is C11H17NO2. The summed E-state index contributed by atoms with van der Waals surface area (Å²) in [6, 6.07) is -0.0313. The molecule has 2 N–H and O–H groups in total. The van der Waals surface area contributed by atoms with Crippen molar-refractivity contribution in [2.75, 3.05) is 0 Å². The van der Waals surface area contributed by atoms with Crippen LogP contribution in [0.2, 0.25) is 0 Å². The van der Waals surface area contributed by atoms with Gasteiger partial charge in [0.05, 0.1) is 12.0 Å². The Morgan fingerprint density at radius 3 is 2.57 bits per heavy atom. The monoisotopic (exact) mass is 195 g/mol. The molecule has 0 heterocycles. The maximum absolute atomic E-state index is 11.7. The van der Waals surface area contributed by atoms with Crippen molar-refractivity contribution in [1.29, 1.82) is 0 Å². The average Bonchev–Trinajstić information content (AvgIpc) is 2.61. The van der Waals surface area contributed by atoms with Gasteiger partial charge in [0.15, 0.2) is 0 Å². The lowest BCUT2D eigenvalue weighted by Gasteiger charge is -2.23. The number of nitrogens with two attached hydrogens (primary N) is 1. The van der Waals surface area contributed by atoms with Crippen molar-refractivity contribution in [3.63, 3.8) is 0 Å². The Morgan fingerprint density at radius 1 is 1.43 bits per heavy atom. The van der Waals surface area contributed by atoms with E-state index in [2.05, 4.69) is 12.2 Å². The molecular weight excluding hydrogens is 178 g/mol. The topological polar surface area (TPSA) is 52.3 Å². The van der Waals surface area contributed by atoms with Crippen LogP contribution >= 0.6 is 0 Å². The molecule has 0 aromatic rings. The van der Waals surface area contributed by atoms with Crippen LogP contribution in [0.3, 0.4) is 0 Å². The third-order valence-electron chi connectivity index (χ3n) is 3.14. The van der Waals surface area contributed by atoms with Crippen molar-refractivity contribution in [3.8, 4) is 0 Å². The Labute approximate surface area is 84.3 Å². The van der Waals surface area contributed by atoms with Crippen LogP contribution in [0, 0.1) is 17.8 Å². The number of esters is 1. The normalized spacial score (nSPS) is 39.4. The van der Waals surface area contributed by atoms with Gasteiger partial charge in [-0.25, -0.2) is 0 Å². The van der Waals surface area contributed by atoms with Crippen molar-refractivity contribution < 1.29 is 9.53 Å². The Morgan fingerprint density at radius 2 is 2.07 bits per heavy atom. The van der Waals surface area contributed by atoms with Crippen molar-refractivity contribution in [2.24, 2.45) is 23.5 Å². The van der Waals surface area contributed by atoms with Crippen molar-refractivity contribution in [1.82, 2.24) is 0 Å². The summed E-state index contributed by atoms with van der Waals surface area (Å²) in [5, 5.41) is 0. The van der Waals surface area contributed by atoms with Crippen molar-refractivity contribution in [2.45, 2.75) is 32.4 Å². The van der Waals surface area contributed by atoms with Crippen LogP contribution in [0.1, 0.15) is 20.3 Å². The molecule has 1 fully saturated rings. The van der Waals surface area contributed by atoms with E-state index in [4.69, 9.17) is 10.5 Å². The van der Waals surface area contributed by atoms with Gasteiger partial charge in [0, 0.05) is 6.04 Å². The third-order valence-corrected chi connectivity index (χ3v) is 3.14. The van der Waals surface area contributed by atoms with Gasteiger partial charge >= 0.3 is 5.97 Å². The first kappa shape index (κ1) is 9.71. The third kappa shape index (κ3) is 1.46. The van der Waals surface area contributed by atoms with E-state index in [1.165, 1.54) is 0 Å². The van der Waals surface area contributed by atoms with E-state index in [1.54, 1.807) is 0 Å². The lowest BCUT2D eigenvalue weighted by atomic mass is 9.89. The van der Waals surface area contributed by atoms with Gasteiger partial charge in [-0.05, 0) is 32.1 Å². The van der Waals surface area contributed by atoms with Gasteiger partial charge in [0.25, 0.3) is 0 Å². The van der Waals surface area contributed by atoms with Crippen LogP contribution in [0.4, 0.5) is 0 Å². The fraction of sp³-hybridized carbons (Fsp3) is 0.727. The van der Waals surface area contributed by atoms with Crippen LogP contribution in [-0.4, -0.2) is 18.1 Å². The van der Waals surface area contributed by atoms with Crippen LogP contribution in [-0.2, 0) is 9.53 Å². The highest BCUT2D eigenvalue weighted by Crippen LogP contribution is 2.43. The summed E-state index contributed by atoms with van der Waals surface area (Å²) in [4.78, 5) is 11.7. The van der Waals surface area contributed by atoms with E-state index in [1.807, 2.05) is 13.8 Å². The number of hydrogen-bond donors (Lipinski definition) is 1. The smallest absolute Gasteiger partial charge is 0.311 e. The molecule has 2 unspecified atom stereocenters. The summed E-state index contributed by atoms with van der Waals surface area (Å²) in [5.74, 6) is 0.489. The molecule has 0 aromatic carbocycles. The molecule has 0 aromatic heterocycles. The maximum Gasteiger partial charge on any atom is 0.311 e. The van der Waals surface area contributed by atoms with Gasteiger partial charge in [-0.3, -0.25) is 4.79 Å². The first-order valence-corrected chi connectivity index (χ1v) is 5.24. The zero-order valence-electron chi connectivity index (χ0n) is 8.64. The minimum atomic E-state index is -0.121. The number of carbonyl (C=O) groups excluding carboxylic acids is 1. The maximum atomic E-state index is 11.7. The average molecular weight is 195 g/mol. The molecule has 1 saturated carbocycles. The summed E-state index contributed by atoms with van der Waals surface area (Å²) in [5.41, 5.74) is 5.99. The molecule has 0 aliphatic heterocycles. The fourth-order valence-corrected chi connectivity index (χ4v) is 2.50. The number of hydrogen-bond acceptors (Lipinski definition) is 3. The predicted molar refractivity (Wildman–Crippen MR) is 53.4 cm³/mol. The SMILES string of the molecule is CC(C)OC(=O)[C@H]1C2C=CC(C2)[C@@H]1N. The number of rotatable bonds is 2. The van der Waals surface area contributed by atoms with E-state index in [0.29, 0.717) is 11.8 Å². The van der Waals surface area contributed by atoms with Gasteiger partial charge in [-0.15, -0.1) is 0 Å². The zero-order chi connectivity index (χ0) is 10.3. The Balaban J connectivity index is 2.05. The molecule has 2 bridgehead atoms. The van der Waals surface area contributed by atoms with E-state index < -0.39 is 0 Å². The summed E-state index contributed by atoms with van der Waals surface area (Å²) in [6.07, 6.45) is 5.23. The Kier molecular flexibility index (Phi) is 2.35. The second kappa shape index (κ2) is 3.39. The molecule has 3 nitrogen and oxygen atoms in total. The van der Waals surface area contributed by atoms with E-state index >= 15 is 0 Å². The number of allylic oxidation sites excluding steroid dienone is 1. The minimum absolute atomic E-state index is 0.0313. The lowest BCUT2D eigenvalue weighted by molar-refractivity contribution is -0.153. The van der Waals surface area contributed by atoms with E-state index in [0.717, 1.165) is 6.42 Å². The second-order valence-electron chi connectivity index (χ2n) is 4.54. The zero-order valence-corrected chi connectivity index (χ0v) is 8.64. The molecule has 3 heteroatoms. The van der Waals surface area contributed by atoms with Crippen molar-refractivity contribution >= 4 is 5.97 Å². The first-order valence-electron chi connectivity index (χ1n) is 5.24. The summed E-state index contributed by atoms with van der Waals surface area (Å²) < 4.78 is 5.20. The quantitative estimate of drug-likeness (QED) is 0.530. The standard InChI is InChI=1S/C11H17NO2/c1-6(2)14-11(13)9-7-3-4-8(5-7)10(9)12/h3-4,6-10H,5,12H2,1-2H3/t7?,8?,9-,10-/m0/s1. The molecule has 0 radical (unpaired) electrons. The van der Waals surface area contributed by atoms with Gasteiger partial charge in [-0.1, -0.05) is 12.2 Å². The van der Waals surface area contributed by atoms with E-state index in [9.17, 15) is 4.79 Å². The highest BCUT2D eigenvalue weighted by molar-refractivity contribution is 5.75. The predicted octanol–water partition coefficient (Wildman–Crippen LogP) is 1.09. The first-order chi connectivity index (χ1) is 6.59. The molecule has 78 valence electrons. The molecule has 0 amide bonds. The Hall–Kier alpha value is -0.830. The molecule has 2 rings (SSSR count). The largest absolute Gasteiger partial charge is 0.463 e. The number of carbonyl (C=O) groups is 1. The molecule has 14 heavy (non-hydrogen) atoms. The van der Waals surface area contributed by atoms with E-state index in [-0.39, 0.29) is 24.0 Å². The molecule has 4 atom stereocenters. The van der Waals surface area contributed by atoms with Gasteiger partial charge in [0.1, 0.15) is 0 Å². The highest BCUT2D eigenvalue weighted by Gasteiger charge is 2.47. The van der Waals surface area contributed by atoms with Crippen LogP contribution < -0.4 is 5.73 Å². The number of fused-ring (bicyclic) bond motifs is 2. The lowest BCUT2D eigenvalue weighted by Crippen LogP contribution is -2.40. The minimum Gasteiger partial charge on any atom is -0.463 e. The molecule has 2 aliphatic carbocycles. The van der Waals surface area contributed by atoms with Gasteiger partial charge < -0.3 is 10.5 Å².